The zero-order chi connectivity index (χ0) is 20.0. The highest BCUT2D eigenvalue weighted by molar-refractivity contribution is 5.68. The molecule has 0 saturated carbocycles. The summed E-state index contributed by atoms with van der Waals surface area (Å²) in [6, 6.07) is 21.1. The predicted molar refractivity (Wildman–Crippen MR) is 114 cm³/mol. The van der Waals surface area contributed by atoms with Crippen LogP contribution in [-0.2, 0) is 4.74 Å². The molecule has 0 radical (unpaired) electrons. The fourth-order valence-electron chi connectivity index (χ4n) is 3.37. The molecule has 2 aromatic rings. The van der Waals surface area contributed by atoms with Crippen molar-refractivity contribution >= 4 is 12.2 Å². The Hall–Kier alpha value is -2.59. The molecule has 4 heteroatoms. The van der Waals surface area contributed by atoms with Crippen LogP contribution in [0, 0.1) is 0 Å². The van der Waals surface area contributed by atoms with Crippen LogP contribution >= 0.6 is 0 Å². The fourth-order valence-corrected chi connectivity index (χ4v) is 3.37. The van der Waals surface area contributed by atoms with Crippen molar-refractivity contribution in [2.24, 2.45) is 0 Å². The molecule has 2 aromatic carbocycles. The molecule has 0 aromatic heterocycles. The van der Waals surface area contributed by atoms with E-state index in [1.165, 1.54) is 11.1 Å². The molecule has 3 rings (SSSR count). The molecule has 1 aliphatic rings. The Bertz CT molecular complexity index is 773. The van der Waals surface area contributed by atoms with E-state index in [9.17, 15) is 4.79 Å². The molecule has 4 nitrogen and oxygen atoms in total. The van der Waals surface area contributed by atoms with Crippen LogP contribution in [0.5, 0.6) is 0 Å². The van der Waals surface area contributed by atoms with Crippen molar-refractivity contribution in [3.63, 3.8) is 0 Å². The number of rotatable bonds is 4. The molecule has 1 amide bonds. The van der Waals surface area contributed by atoms with Crippen LogP contribution in [0.3, 0.4) is 0 Å². The van der Waals surface area contributed by atoms with E-state index in [-0.39, 0.29) is 12.1 Å². The first-order valence-corrected chi connectivity index (χ1v) is 9.92. The van der Waals surface area contributed by atoms with Crippen molar-refractivity contribution in [3.8, 4) is 0 Å². The lowest BCUT2D eigenvalue weighted by atomic mass is 10.0. The Labute approximate surface area is 168 Å². The minimum atomic E-state index is -0.459. The average Bonchev–Trinajstić information content (AvgIpc) is 2.69. The highest BCUT2D eigenvalue weighted by Gasteiger charge is 2.28. The molecule has 0 bridgehead atoms. The van der Waals surface area contributed by atoms with Gasteiger partial charge >= 0.3 is 6.09 Å². The van der Waals surface area contributed by atoms with Gasteiger partial charge < -0.3 is 9.64 Å². The van der Waals surface area contributed by atoms with Gasteiger partial charge in [-0.2, -0.15) is 0 Å². The molecule has 1 saturated heterocycles. The second kappa shape index (κ2) is 9.07. The highest BCUT2D eigenvalue weighted by Crippen LogP contribution is 2.25. The SMILES string of the molecule is CC(C)(C)OC(=O)N1CCN([C@H](/C=C/c2ccccc2)c2ccccc2)CC1. The van der Waals surface area contributed by atoms with Gasteiger partial charge in [-0.15, -0.1) is 0 Å². The standard InChI is InChI=1S/C24H30N2O2/c1-24(2,3)28-23(27)26-18-16-25(17-19-26)22(21-12-8-5-9-13-21)15-14-20-10-6-4-7-11-20/h4-15,22H,16-19H2,1-3H3/b15-14+/t22-/m1/s1. The zero-order valence-corrected chi connectivity index (χ0v) is 17.0. The minimum absolute atomic E-state index is 0.183. The molecule has 1 atom stereocenters. The van der Waals surface area contributed by atoms with Gasteiger partial charge in [-0.25, -0.2) is 4.79 Å². The van der Waals surface area contributed by atoms with Crippen molar-refractivity contribution in [2.45, 2.75) is 32.4 Å². The first-order valence-electron chi connectivity index (χ1n) is 9.92. The van der Waals surface area contributed by atoms with Gasteiger partial charge in [0.25, 0.3) is 0 Å². The number of ether oxygens (including phenoxy) is 1. The van der Waals surface area contributed by atoms with Crippen LogP contribution in [0.4, 0.5) is 4.79 Å². The van der Waals surface area contributed by atoms with Crippen molar-refractivity contribution in [1.82, 2.24) is 9.80 Å². The summed E-state index contributed by atoms with van der Waals surface area (Å²) in [5, 5.41) is 0. The lowest BCUT2D eigenvalue weighted by molar-refractivity contribution is 0.0122. The van der Waals surface area contributed by atoms with Gasteiger partial charge in [-0.1, -0.05) is 72.8 Å². The van der Waals surface area contributed by atoms with E-state index < -0.39 is 5.60 Å². The summed E-state index contributed by atoms with van der Waals surface area (Å²) in [4.78, 5) is 16.6. The topological polar surface area (TPSA) is 32.8 Å². The van der Waals surface area contributed by atoms with Crippen LogP contribution in [0.15, 0.2) is 66.7 Å². The summed E-state index contributed by atoms with van der Waals surface area (Å²) in [7, 11) is 0. The Morgan fingerprint density at radius 2 is 1.50 bits per heavy atom. The van der Waals surface area contributed by atoms with Gasteiger partial charge in [0.1, 0.15) is 5.60 Å². The summed E-state index contributed by atoms with van der Waals surface area (Å²) >= 11 is 0. The molecule has 148 valence electrons. The van der Waals surface area contributed by atoms with Gasteiger partial charge in [0, 0.05) is 26.2 Å². The summed E-state index contributed by atoms with van der Waals surface area (Å²) in [6.07, 6.45) is 4.22. The zero-order valence-electron chi connectivity index (χ0n) is 17.0. The monoisotopic (exact) mass is 378 g/mol. The van der Waals surface area contributed by atoms with Crippen LogP contribution < -0.4 is 0 Å². The first kappa shape index (κ1) is 20.2. The Morgan fingerprint density at radius 3 is 2.07 bits per heavy atom. The molecule has 0 unspecified atom stereocenters. The second-order valence-corrected chi connectivity index (χ2v) is 8.13. The summed E-state index contributed by atoms with van der Waals surface area (Å²) in [6.45, 7) is 8.70. The summed E-state index contributed by atoms with van der Waals surface area (Å²) in [5.74, 6) is 0. The lowest BCUT2D eigenvalue weighted by Gasteiger charge is -2.39. The lowest BCUT2D eigenvalue weighted by Crippen LogP contribution is -2.50. The van der Waals surface area contributed by atoms with Gasteiger partial charge in [0.05, 0.1) is 6.04 Å². The van der Waals surface area contributed by atoms with Gasteiger partial charge in [0.2, 0.25) is 0 Å². The van der Waals surface area contributed by atoms with Crippen molar-refractivity contribution < 1.29 is 9.53 Å². The molecule has 28 heavy (non-hydrogen) atoms. The molecule has 0 aliphatic carbocycles. The maximum atomic E-state index is 12.3. The van der Waals surface area contributed by atoms with Crippen LogP contribution in [0.1, 0.15) is 37.9 Å². The third-order valence-corrected chi connectivity index (χ3v) is 4.77. The highest BCUT2D eigenvalue weighted by atomic mass is 16.6. The number of nitrogens with zero attached hydrogens (tertiary/aromatic N) is 2. The number of amides is 1. The van der Waals surface area contributed by atoms with Gasteiger partial charge in [0.15, 0.2) is 0 Å². The second-order valence-electron chi connectivity index (χ2n) is 8.13. The Morgan fingerprint density at radius 1 is 0.929 bits per heavy atom. The maximum absolute atomic E-state index is 12.3. The smallest absolute Gasteiger partial charge is 0.410 e. The van der Waals surface area contributed by atoms with E-state index in [2.05, 4.69) is 65.6 Å². The first-order chi connectivity index (χ1) is 13.4. The number of hydrogen-bond donors (Lipinski definition) is 0. The summed E-state index contributed by atoms with van der Waals surface area (Å²) < 4.78 is 5.52. The molecule has 1 heterocycles. The van der Waals surface area contributed by atoms with E-state index in [4.69, 9.17) is 4.74 Å². The molecular formula is C24H30N2O2. The number of hydrogen-bond acceptors (Lipinski definition) is 3. The van der Waals surface area contributed by atoms with E-state index in [1.54, 1.807) is 0 Å². The third kappa shape index (κ3) is 5.70. The Kier molecular flexibility index (Phi) is 6.53. The third-order valence-electron chi connectivity index (χ3n) is 4.77. The number of benzene rings is 2. The van der Waals surface area contributed by atoms with Crippen molar-refractivity contribution in [1.29, 1.82) is 0 Å². The number of carbonyl (C=O) groups excluding carboxylic acids is 1. The quantitative estimate of drug-likeness (QED) is 0.751. The van der Waals surface area contributed by atoms with Crippen LogP contribution in [-0.4, -0.2) is 47.7 Å². The largest absolute Gasteiger partial charge is 0.444 e. The van der Waals surface area contributed by atoms with E-state index in [0.717, 1.165) is 13.1 Å². The molecule has 0 spiro atoms. The van der Waals surface area contributed by atoms with Crippen molar-refractivity contribution in [3.05, 3.63) is 77.9 Å². The summed E-state index contributed by atoms with van der Waals surface area (Å²) in [5.41, 5.74) is 2.00. The molecule has 1 aliphatic heterocycles. The van der Waals surface area contributed by atoms with Crippen LogP contribution in [0.2, 0.25) is 0 Å². The van der Waals surface area contributed by atoms with Crippen LogP contribution in [0.25, 0.3) is 6.08 Å². The molecular weight excluding hydrogens is 348 g/mol. The predicted octanol–water partition coefficient (Wildman–Crippen LogP) is 4.99. The molecule has 0 N–H and O–H groups in total. The van der Waals surface area contributed by atoms with E-state index in [0.29, 0.717) is 13.1 Å². The number of carbonyl (C=O) groups is 1. The van der Waals surface area contributed by atoms with Gasteiger partial charge in [-0.05, 0) is 31.9 Å². The number of piperazine rings is 1. The average molecular weight is 379 g/mol. The normalized spacial score (nSPS) is 16.9. The van der Waals surface area contributed by atoms with Gasteiger partial charge in [-0.3, -0.25) is 4.90 Å². The fraction of sp³-hybridized carbons (Fsp3) is 0.375. The Balaban J connectivity index is 1.70. The van der Waals surface area contributed by atoms with E-state index in [1.807, 2.05) is 37.8 Å². The van der Waals surface area contributed by atoms with E-state index >= 15 is 0 Å². The minimum Gasteiger partial charge on any atom is -0.444 e. The molecule has 1 fully saturated rings. The van der Waals surface area contributed by atoms with Crippen molar-refractivity contribution in [2.75, 3.05) is 26.2 Å². The maximum Gasteiger partial charge on any atom is 0.410 e.